The predicted octanol–water partition coefficient (Wildman–Crippen LogP) is 2.56. The van der Waals surface area contributed by atoms with Gasteiger partial charge in [-0.15, -0.1) is 11.3 Å². The Morgan fingerprint density at radius 3 is 3.10 bits per heavy atom. The number of hydrogen-bond donors (Lipinski definition) is 2. The topological polar surface area (TPSA) is 71.8 Å². The lowest BCUT2D eigenvalue weighted by Gasteiger charge is -2.22. The summed E-state index contributed by atoms with van der Waals surface area (Å²) in [6, 6.07) is 0.253. The molecular formula is C13H17N5OS. The van der Waals surface area contributed by atoms with Gasteiger partial charge in [0.2, 0.25) is 0 Å². The maximum Gasteiger partial charge on any atom is 0.321 e. The van der Waals surface area contributed by atoms with Crippen LogP contribution in [0.4, 0.5) is 9.93 Å². The average molecular weight is 291 g/mol. The fourth-order valence-electron chi connectivity index (χ4n) is 2.64. The van der Waals surface area contributed by atoms with E-state index in [2.05, 4.69) is 25.2 Å². The van der Waals surface area contributed by atoms with Crippen molar-refractivity contribution in [1.82, 2.24) is 19.9 Å². The third-order valence-corrected chi connectivity index (χ3v) is 4.42. The van der Waals surface area contributed by atoms with Gasteiger partial charge in [-0.25, -0.2) is 14.8 Å². The van der Waals surface area contributed by atoms with Crippen LogP contribution in [0.3, 0.4) is 0 Å². The highest BCUT2D eigenvalue weighted by molar-refractivity contribution is 7.13. The van der Waals surface area contributed by atoms with Crippen molar-refractivity contribution in [2.75, 3.05) is 5.32 Å². The van der Waals surface area contributed by atoms with Crippen molar-refractivity contribution >= 4 is 22.5 Å². The Balaban J connectivity index is 1.60. The minimum atomic E-state index is -0.184. The van der Waals surface area contributed by atoms with E-state index in [1.807, 2.05) is 24.8 Å². The van der Waals surface area contributed by atoms with Crippen LogP contribution in [-0.4, -0.2) is 26.6 Å². The zero-order valence-corrected chi connectivity index (χ0v) is 12.1. The molecule has 0 bridgehead atoms. The van der Waals surface area contributed by atoms with E-state index < -0.39 is 0 Å². The molecular weight excluding hydrogens is 274 g/mol. The summed E-state index contributed by atoms with van der Waals surface area (Å²) >= 11 is 1.44. The molecule has 2 N–H and O–H groups in total. The molecule has 106 valence electrons. The normalized spacial score (nSPS) is 21.9. The van der Waals surface area contributed by atoms with Gasteiger partial charge in [0.05, 0.1) is 24.1 Å². The first-order chi connectivity index (χ1) is 9.72. The minimum Gasteiger partial charge on any atom is -0.333 e. The molecule has 1 aliphatic rings. The Kier molecular flexibility index (Phi) is 3.68. The Morgan fingerprint density at radius 2 is 2.40 bits per heavy atom. The lowest BCUT2D eigenvalue weighted by atomic mass is 10.2. The molecule has 0 aromatic carbocycles. The highest BCUT2D eigenvalue weighted by Gasteiger charge is 2.29. The number of thiazole rings is 1. The Bertz CT molecular complexity index is 579. The van der Waals surface area contributed by atoms with Crippen molar-refractivity contribution < 1.29 is 4.79 Å². The van der Waals surface area contributed by atoms with Gasteiger partial charge >= 0.3 is 6.03 Å². The SMILES string of the molecule is Cc1csc(NC(=O)N[C@@H]2CCC[C@H]2n2ccnc2)n1. The fourth-order valence-corrected chi connectivity index (χ4v) is 3.33. The van der Waals surface area contributed by atoms with Crippen molar-refractivity contribution in [3.63, 3.8) is 0 Å². The molecule has 2 atom stereocenters. The molecule has 0 spiro atoms. The van der Waals surface area contributed by atoms with Gasteiger partial charge in [-0.2, -0.15) is 0 Å². The molecule has 1 aliphatic carbocycles. The van der Waals surface area contributed by atoms with Crippen LogP contribution in [0.5, 0.6) is 0 Å². The van der Waals surface area contributed by atoms with Crippen LogP contribution < -0.4 is 10.6 Å². The smallest absolute Gasteiger partial charge is 0.321 e. The molecule has 1 fully saturated rings. The summed E-state index contributed by atoms with van der Waals surface area (Å²) in [6.45, 7) is 1.91. The van der Waals surface area contributed by atoms with Crippen molar-refractivity contribution in [1.29, 1.82) is 0 Å². The number of aromatic nitrogens is 3. The summed E-state index contributed by atoms with van der Waals surface area (Å²) in [5.74, 6) is 0. The molecule has 6 nitrogen and oxygen atoms in total. The van der Waals surface area contributed by atoms with Gasteiger partial charge in [0.25, 0.3) is 0 Å². The quantitative estimate of drug-likeness (QED) is 0.913. The Hall–Kier alpha value is -1.89. The summed E-state index contributed by atoms with van der Waals surface area (Å²) in [6.07, 6.45) is 8.71. The van der Waals surface area contributed by atoms with Crippen LogP contribution in [0.1, 0.15) is 31.0 Å². The maximum atomic E-state index is 12.0. The molecule has 20 heavy (non-hydrogen) atoms. The molecule has 0 saturated heterocycles. The number of hydrogen-bond acceptors (Lipinski definition) is 4. The Morgan fingerprint density at radius 1 is 1.50 bits per heavy atom. The van der Waals surface area contributed by atoms with E-state index in [-0.39, 0.29) is 12.1 Å². The number of nitrogens with zero attached hydrogens (tertiary/aromatic N) is 3. The fraction of sp³-hybridized carbons (Fsp3) is 0.462. The van der Waals surface area contributed by atoms with Gasteiger partial charge in [-0.3, -0.25) is 5.32 Å². The van der Waals surface area contributed by atoms with E-state index in [1.165, 1.54) is 11.3 Å². The van der Waals surface area contributed by atoms with Crippen molar-refractivity contribution in [3.8, 4) is 0 Å². The predicted molar refractivity (Wildman–Crippen MR) is 77.9 cm³/mol. The van der Waals surface area contributed by atoms with Gasteiger partial charge in [-0.05, 0) is 26.2 Å². The first-order valence-electron chi connectivity index (χ1n) is 6.69. The third-order valence-electron chi connectivity index (χ3n) is 3.54. The van der Waals surface area contributed by atoms with Crippen LogP contribution in [0.25, 0.3) is 0 Å². The van der Waals surface area contributed by atoms with Gasteiger partial charge in [-0.1, -0.05) is 0 Å². The molecule has 0 radical (unpaired) electrons. The molecule has 2 amide bonds. The molecule has 1 saturated carbocycles. The van der Waals surface area contributed by atoms with Crippen LogP contribution in [-0.2, 0) is 0 Å². The summed E-state index contributed by atoms with van der Waals surface area (Å²) < 4.78 is 2.07. The Labute approximate surface area is 121 Å². The van der Waals surface area contributed by atoms with Crippen LogP contribution in [0, 0.1) is 6.92 Å². The number of rotatable bonds is 3. The zero-order valence-electron chi connectivity index (χ0n) is 11.2. The van der Waals surface area contributed by atoms with E-state index in [4.69, 9.17) is 0 Å². The van der Waals surface area contributed by atoms with Gasteiger partial charge in [0.15, 0.2) is 5.13 Å². The lowest BCUT2D eigenvalue weighted by Crippen LogP contribution is -2.40. The molecule has 2 aromatic rings. The van der Waals surface area contributed by atoms with Gasteiger partial charge in [0.1, 0.15) is 0 Å². The van der Waals surface area contributed by atoms with Gasteiger partial charge < -0.3 is 9.88 Å². The van der Waals surface area contributed by atoms with Crippen molar-refractivity contribution in [2.24, 2.45) is 0 Å². The largest absolute Gasteiger partial charge is 0.333 e. The van der Waals surface area contributed by atoms with E-state index in [0.29, 0.717) is 11.2 Å². The number of carbonyl (C=O) groups is 1. The van der Waals surface area contributed by atoms with Crippen LogP contribution in [0.15, 0.2) is 24.1 Å². The first-order valence-corrected chi connectivity index (χ1v) is 7.57. The van der Waals surface area contributed by atoms with E-state index in [0.717, 1.165) is 25.0 Å². The second-order valence-electron chi connectivity index (χ2n) is 5.01. The molecule has 3 rings (SSSR count). The zero-order chi connectivity index (χ0) is 13.9. The van der Waals surface area contributed by atoms with Crippen molar-refractivity contribution in [2.45, 2.75) is 38.3 Å². The van der Waals surface area contributed by atoms with Crippen LogP contribution in [0.2, 0.25) is 0 Å². The second kappa shape index (κ2) is 5.62. The third kappa shape index (κ3) is 2.82. The van der Waals surface area contributed by atoms with E-state index in [1.54, 1.807) is 6.20 Å². The summed E-state index contributed by atoms with van der Waals surface area (Å²) in [5, 5.41) is 8.38. The minimum absolute atomic E-state index is 0.144. The monoisotopic (exact) mass is 291 g/mol. The van der Waals surface area contributed by atoms with Gasteiger partial charge in [0, 0.05) is 17.8 Å². The van der Waals surface area contributed by atoms with E-state index >= 15 is 0 Å². The van der Waals surface area contributed by atoms with Crippen molar-refractivity contribution in [3.05, 3.63) is 29.8 Å². The molecule has 0 aliphatic heterocycles. The average Bonchev–Trinajstić information content (AvgIpc) is 3.10. The highest BCUT2D eigenvalue weighted by Crippen LogP contribution is 2.30. The number of amides is 2. The summed E-state index contributed by atoms with van der Waals surface area (Å²) in [5.41, 5.74) is 0.919. The van der Waals surface area contributed by atoms with E-state index in [9.17, 15) is 4.79 Å². The molecule has 2 heterocycles. The number of aryl methyl sites for hydroxylation is 1. The lowest BCUT2D eigenvalue weighted by molar-refractivity contribution is 0.245. The molecule has 2 aromatic heterocycles. The number of urea groups is 1. The number of nitrogens with one attached hydrogen (secondary N) is 2. The van der Waals surface area contributed by atoms with Crippen LogP contribution >= 0.6 is 11.3 Å². The molecule has 0 unspecified atom stereocenters. The number of imidazole rings is 1. The highest BCUT2D eigenvalue weighted by atomic mass is 32.1. The second-order valence-corrected chi connectivity index (χ2v) is 5.87. The summed E-state index contributed by atoms with van der Waals surface area (Å²) in [7, 11) is 0. The first kappa shape index (κ1) is 13.1. The number of anilines is 1. The standard InChI is InChI=1S/C13H17N5OS/c1-9-7-20-13(15-9)17-12(19)16-10-3-2-4-11(10)18-6-5-14-8-18/h5-8,10-11H,2-4H2,1H3,(H2,15,16,17,19)/t10-,11-/m1/s1. The summed E-state index contributed by atoms with van der Waals surface area (Å²) in [4.78, 5) is 20.3. The molecule has 7 heteroatoms. The maximum absolute atomic E-state index is 12.0. The number of carbonyl (C=O) groups excluding carboxylic acids is 1.